The Balaban J connectivity index is 1.35. The minimum atomic E-state index is -1.54. The Kier molecular flexibility index (Phi) is 6.98. The summed E-state index contributed by atoms with van der Waals surface area (Å²) in [5, 5.41) is 0. The molecule has 7 nitrogen and oxygen atoms in total. The van der Waals surface area contributed by atoms with Gasteiger partial charge in [-0.05, 0) is 59.5 Å². The van der Waals surface area contributed by atoms with E-state index < -0.39 is 5.41 Å². The van der Waals surface area contributed by atoms with Gasteiger partial charge in [-0.3, -0.25) is 14.6 Å². The first-order valence-electron chi connectivity index (χ1n) is 14.5. The van der Waals surface area contributed by atoms with Crippen molar-refractivity contribution in [1.29, 1.82) is 0 Å². The molecule has 0 bridgehead atoms. The number of hydrogen-bond acceptors (Lipinski definition) is 6. The maximum Gasteiger partial charge on any atom is 0.182 e. The third-order valence-electron chi connectivity index (χ3n) is 8.27. The zero-order valence-electron chi connectivity index (χ0n) is 24.1. The van der Waals surface area contributed by atoms with Crippen molar-refractivity contribution >= 4 is 22.6 Å². The van der Waals surface area contributed by atoms with Crippen molar-refractivity contribution in [2.45, 2.75) is 24.9 Å². The number of carbonyl (C=O) groups is 2. The monoisotopic (exact) mass is 579 g/mol. The summed E-state index contributed by atoms with van der Waals surface area (Å²) in [5.41, 5.74) is 3.82. The summed E-state index contributed by atoms with van der Waals surface area (Å²) in [6.45, 7) is 0.348. The zero-order valence-corrected chi connectivity index (χ0v) is 24.1. The predicted octanol–water partition coefficient (Wildman–Crippen LogP) is 6.70. The second-order valence-corrected chi connectivity index (χ2v) is 11.0. The molecule has 6 aromatic rings. The number of aromatic amines is 1. The number of ketones is 2. The van der Waals surface area contributed by atoms with Gasteiger partial charge in [0, 0.05) is 35.5 Å². The average molecular weight is 580 g/mol. The van der Waals surface area contributed by atoms with Crippen molar-refractivity contribution in [3.63, 3.8) is 0 Å². The Morgan fingerprint density at radius 2 is 1.45 bits per heavy atom. The van der Waals surface area contributed by atoms with Crippen LogP contribution in [0.1, 0.15) is 48.8 Å². The quantitative estimate of drug-likeness (QED) is 0.192. The second-order valence-electron chi connectivity index (χ2n) is 11.0. The van der Waals surface area contributed by atoms with Gasteiger partial charge in [-0.2, -0.15) is 0 Å². The molecule has 0 spiro atoms. The molecule has 1 unspecified atom stereocenters. The summed E-state index contributed by atoms with van der Waals surface area (Å²) >= 11 is 0. The van der Waals surface area contributed by atoms with Gasteiger partial charge < -0.3 is 14.5 Å². The molecule has 1 atom stereocenters. The predicted molar refractivity (Wildman–Crippen MR) is 167 cm³/mol. The molecule has 0 saturated heterocycles. The highest BCUT2D eigenvalue weighted by Crippen LogP contribution is 2.46. The van der Waals surface area contributed by atoms with Crippen LogP contribution in [0, 0.1) is 0 Å². The molecular formula is C37H29N3O4. The lowest BCUT2D eigenvalue weighted by molar-refractivity contribution is 0.0794. The van der Waals surface area contributed by atoms with Crippen LogP contribution in [0.3, 0.4) is 0 Å². The summed E-state index contributed by atoms with van der Waals surface area (Å²) in [5.74, 6) is 1.28. The Labute approximate surface area is 254 Å². The number of pyridine rings is 1. The molecule has 2 aromatic heterocycles. The van der Waals surface area contributed by atoms with Gasteiger partial charge in [0.05, 0.1) is 12.6 Å². The first-order valence-corrected chi connectivity index (χ1v) is 14.5. The van der Waals surface area contributed by atoms with E-state index in [4.69, 9.17) is 14.5 Å². The second kappa shape index (κ2) is 11.3. The molecule has 7 rings (SSSR count). The molecule has 0 aliphatic heterocycles. The van der Waals surface area contributed by atoms with Gasteiger partial charge in [0.15, 0.2) is 11.6 Å². The van der Waals surface area contributed by atoms with Crippen LogP contribution in [-0.2, 0) is 24.9 Å². The van der Waals surface area contributed by atoms with Crippen molar-refractivity contribution < 1.29 is 19.1 Å². The lowest BCUT2D eigenvalue weighted by Crippen LogP contribution is -2.41. The lowest BCUT2D eigenvalue weighted by Gasteiger charge is -2.27. The Morgan fingerprint density at radius 3 is 2.18 bits per heavy atom. The van der Waals surface area contributed by atoms with E-state index in [9.17, 15) is 9.59 Å². The molecule has 0 radical (unpaired) electrons. The van der Waals surface area contributed by atoms with Crippen molar-refractivity contribution in [2.24, 2.45) is 0 Å². The van der Waals surface area contributed by atoms with Gasteiger partial charge in [-0.15, -0.1) is 0 Å². The van der Waals surface area contributed by atoms with E-state index in [2.05, 4.69) is 9.97 Å². The molecule has 1 N–H and O–H groups in total. The topological polar surface area (TPSA) is 94.2 Å². The highest BCUT2D eigenvalue weighted by atomic mass is 16.5. The van der Waals surface area contributed by atoms with E-state index in [-0.39, 0.29) is 18.0 Å². The molecule has 7 heteroatoms. The first kappa shape index (κ1) is 27.3. The third kappa shape index (κ3) is 4.72. The fraction of sp³-hybridized carbons (Fsp3) is 0.135. The highest BCUT2D eigenvalue weighted by Gasteiger charge is 2.55. The number of methoxy groups -OCH3 is 1. The van der Waals surface area contributed by atoms with Crippen LogP contribution in [0.4, 0.5) is 0 Å². The van der Waals surface area contributed by atoms with Crippen LogP contribution in [-0.4, -0.2) is 33.6 Å². The zero-order chi connectivity index (χ0) is 30.1. The number of ether oxygens (including phenoxy) is 2. The standard InChI is InChI=1S/C37H29N3O4/c1-43-31-15-14-30(33-34(31)40-32(39-33)20-24-8-4-2-5-9-24)37(22-25-16-18-38-19-17-25)35(41)28-13-12-27(21-29(28)36(37)42)44-23-26-10-6-3-7-11-26/h2-19,21H,20,22-23H2,1H3,(H,39,40). The van der Waals surface area contributed by atoms with Crippen molar-refractivity contribution in [3.05, 3.63) is 155 Å². The summed E-state index contributed by atoms with van der Waals surface area (Å²) in [7, 11) is 1.59. The summed E-state index contributed by atoms with van der Waals surface area (Å²) < 4.78 is 11.7. The molecule has 2 heterocycles. The molecule has 0 amide bonds. The van der Waals surface area contributed by atoms with Gasteiger partial charge >= 0.3 is 0 Å². The molecule has 216 valence electrons. The van der Waals surface area contributed by atoms with Gasteiger partial charge in [0.2, 0.25) is 0 Å². The van der Waals surface area contributed by atoms with Crippen LogP contribution < -0.4 is 9.47 Å². The number of rotatable bonds is 9. The van der Waals surface area contributed by atoms with Gasteiger partial charge in [-0.25, -0.2) is 4.98 Å². The van der Waals surface area contributed by atoms with Crippen LogP contribution in [0.2, 0.25) is 0 Å². The molecule has 0 saturated carbocycles. The van der Waals surface area contributed by atoms with E-state index in [1.165, 1.54) is 0 Å². The van der Waals surface area contributed by atoms with E-state index in [0.717, 1.165) is 16.7 Å². The van der Waals surface area contributed by atoms with Gasteiger partial charge in [0.25, 0.3) is 0 Å². The maximum atomic E-state index is 14.7. The molecule has 1 aliphatic rings. The number of aromatic nitrogens is 3. The number of fused-ring (bicyclic) bond motifs is 2. The fourth-order valence-corrected chi connectivity index (χ4v) is 6.11. The summed E-state index contributed by atoms with van der Waals surface area (Å²) in [6.07, 6.45) is 4.06. The van der Waals surface area contributed by atoms with E-state index in [1.807, 2.05) is 78.9 Å². The Bertz CT molecular complexity index is 1990. The molecule has 44 heavy (non-hydrogen) atoms. The highest BCUT2D eigenvalue weighted by molar-refractivity contribution is 6.34. The Hall–Kier alpha value is -5.56. The van der Waals surface area contributed by atoms with E-state index >= 15 is 0 Å². The maximum absolute atomic E-state index is 14.7. The first-order chi connectivity index (χ1) is 21.6. The number of benzene rings is 4. The smallest absolute Gasteiger partial charge is 0.182 e. The number of nitrogens with one attached hydrogen (secondary N) is 1. The number of nitrogens with zero attached hydrogens (tertiary/aromatic N) is 2. The Morgan fingerprint density at radius 1 is 0.750 bits per heavy atom. The fourth-order valence-electron chi connectivity index (χ4n) is 6.11. The van der Waals surface area contributed by atoms with Crippen molar-refractivity contribution in [3.8, 4) is 11.5 Å². The lowest BCUT2D eigenvalue weighted by atomic mass is 9.71. The largest absolute Gasteiger partial charge is 0.494 e. The average Bonchev–Trinajstić information content (AvgIpc) is 3.58. The summed E-state index contributed by atoms with van der Waals surface area (Å²) in [4.78, 5) is 41.8. The van der Waals surface area contributed by atoms with Crippen molar-refractivity contribution in [1.82, 2.24) is 15.0 Å². The normalized spacial score (nSPS) is 15.8. The number of carbonyl (C=O) groups excluding carboxylic acids is 2. The van der Waals surface area contributed by atoms with E-state index in [0.29, 0.717) is 58.1 Å². The van der Waals surface area contributed by atoms with Crippen LogP contribution >= 0.6 is 0 Å². The number of H-pyrrole nitrogens is 1. The molecule has 1 aliphatic carbocycles. The number of imidazole rings is 1. The van der Waals surface area contributed by atoms with Gasteiger partial charge in [0.1, 0.15) is 34.9 Å². The van der Waals surface area contributed by atoms with Crippen LogP contribution in [0.15, 0.2) is 116 Å². The van der Waals surface area contributed by atoms with Gasteiger partial charge in [-0.1, -0.05) is 66.7 Å². The van der Waals surface area contributed by atoms with Crippen LogP contribution in [0.25, 0.3) is 11.0 Å². The van der Waals surface area contributed by atoms with Crippen LogP contribution in [0.5, 0.6) is 11.5 Å². The minimum Gasteiger partial charge on any atom is -0.494 e. The number of Topliss-reactive ketones (excluding diaryl/α,β-unsaturated/α-hetero) is 2. The minimum absolute atomic E-state index is 0.157. The van der Waals surface area contributed by atoms with Crippen molar-refractivity contribution in [2.75, 3.05) is 7.11 Å². The number of hydrogen-bond donors (Lipinski definition) is 1. The SMILES string of the molecule is COc1ccc(C2(Cc3ccncc3)C(=O)c3ccc(OCc4ccccc4)cc3C2=O)c2nc(Cc3ccccc3)[nH]c12. The molecular weight excluding hydrogens is 550 g/mol. The molecule has 0 fully saturated rings. The molecule has 4 aromatic carbocycles. The van der Waals surface area contributed by atoms with E-state index in [1.54, 1.807) is 43.8 Å². The summed E-state index contributed by atoms with van der Waals surface area (Å²) in [6, 6.07) is 32.3. The third-order valence-corrected chi connectivity index (χ3v) is 8.27.